The molecule has 0 aliphatic carbocycles. The minimum absolute atomic E-state index is 0. The summed E-state index contributed by atoms with van der Waals surface area (Å²) in [6.45, 7) is 5.66. The first-order chi connectivity index (χ1) is 5.75. The van der Waals surface area contributed by atoms with Crippen molar-refractivity contribution in [2.75, 3.05) is 33.3 Å². The summed E-state index contributed by atoms with van der Waals surface area (Å²) in [7, 11) is 1.43. The molecule has 5 heteroatoms. The van der Waals surface area contributed by atoms with E-state index < -0.39 is 0 Å². The number of hydrogen-bond acceptors (Lipinski definition) is 4. The second kappa shape index (κ2) is 6.18. The molecule has 1 rings (SSSR count). The van der Waals surface area contributed by atoms with Gasteiger partial charge in [-0.1, -0.05) is 0 Å². The van der Waals surface area contributed by atoms with Gasteiger partial charge in [-0.05, 0) is 6.92 Å². The Kier molecular flexibility index (Phi) is 6.03. The highest BCUT2D eigenvalue weighted by molar-refractivity contribution is 5.85. The first-order valence-electron chi connectivity index (χ1n) is 4.28. The van der Waals surface area contributed by atoms with Gasteiger partial charge in [0.15, 0.2) is 0 Å². The van der Waals surface area contributed by atoms with E-state index in [-0.39, 0.29) is 24.4 Å². The Balaban J connectivity index is 0.00000144. The molecule has 1 heterocycles. The first kappa shape index (κ1) is 12.7. The van der Waals surface area contributed by atoms with Gasteiger partial charge in [0.05, 0.1) is 7.11 Å². The third-order valence-electron chi connectivity index (χ3n) is 2.24. The second-order valence-electron chi connectivity index (χ2n) is 2.99. The van der Waals surface area contributed by atoms with Crippen molar-refractivity contribution < 1.29 is 9.53 Å². The van der Waals surface area contributed by atoms with Crippen molar-refractivity contribution in [1.82, 2.24) is 10.2 Å². The van der Waals surface area contributed by atoms with Gasteiger partial charge in [0, 0.05) is 26.2 Å². The highest BCUT2D eigenvalue weighted by atomic mass is 35.5. The second-order valence-corrected chi connectivity index (χ2v) is 2.99. The van der Waals surface area contributed by atoms with Crippen LogP contribution in [0, 0.1) is 0 Å². The summed E-state index contributed by atoms with van der Waals surface area (Å²) < 4.78 is 4.66. The van der Waals surface area contributed by atoms with Gasteiger partial charge in [-0.25, -0.2) is 0 Å². The number of carbonyl (C=O) groups is 1. The van der Waals surface area contributed by atoms with Crippen molar-refractivity contribution in [1.29, 1.82) is 0 Å². The maximum absolute atomic E-state index is 11.1. The monoisotopic (exact) mass is 208 g/mol. The summed E-state index contributed by atoms with van der Waals surface area (Å²) in [6, 6.07) is -0.0999. The molecule has 0 saturated carbocycles. The summed E-state index contributed by atoms with van der Waals surface area (Å²) in [4.78, 5) is 13.3. The minimum Gasteiger partial charge on any atom is -0.468 e. The molecule has 0 radical (unpaired) electrons. The third-order valence-corrected chi connectivity index (χ3v) is 2.24. The first-order valence-corrected chi connectivity index (χ1v) is 4.28. The molecule has 0 aromatic heterocycles. The predicted molar refractivity (Wildman–Crippen MR) is 53.2 cm³/mol. The maximum Gasteiger partial charge on any atom is 0.322 e. The van der Waals surface area contributed by atoms with Crippen LogP contribution in [-0.4, -0.2) is 50.2 Å². The lowest BCUT2D eigenvalue weighted by Crippen LogP contribution is -2.50. The van der Waals surface area contributed by atoms with Crippen LogP contribution in [0.2, 0.25) is 0 Å². The molecule has 1 fully saturated rings. The van der Waals surface area contributed by atoms with E-state index in [1.807, 2.05) is 6.92 Å². The molecule has 13 heavy (non-hydrogen) atoms. The van der Waals surface area contributed by atoms with Gasteiger partial charge < -0.3 is 10.1 Å². The standard InChI is InChI=1S/C8H16N2O2.ClH/c1-7(8(11)12-2)10-5-3-9-4-6-10;/h7,9H,3-6H2,1-2H3;1H. The fourth-order valence-corrected chi connectivity index (χ4v) is 1.39. The highest BCUT2D eigenvalue weighted by Crippen LogP contribution is 2.01. The Morgan fingerprint density at radius 1 is 1.46 bits per heavy atom. The van der Waals surface area contributed by atoms with Gasteiger partial charge in [-0.3, -0.25) is 9.69 Å². The molecular formula is C8H17ClN2O2. The topological polar surface area (TPSA) is 41.6 Å². The van der Waals surface area contributed by atoms with Gasteiger partial charge in [0.1, 0.15) is 6.04 Å². The quantitative estimate of drug-likeness (QED) is 0.643. The van der Waals surface area contributed by atoms with Crippen LogP contribution in [0.4, 0.5) is 0 Å². The van der Waals surface area contributed by atoms with E-state index >= 15 is 0 Å². The average Bonchev–Trinajstić information content (AvgIpc) is 2.17. The number of ether oxygens (including phenoxy) is 1. The molecule has 4 nitrogen and oxygen atoms in total. The number of halogens is 1. The highest BCUT2D eigenvalue weighted by Gasteiger charge is 2.22. The Bertz CT molecular complexity index is 160. The zero-order valence-electron chi connectivity index (χ0n) is 8.08. The van der Waals surface area contributed by atoms with Crippen LogP contribution in [0.1, 0.15) is 6.92 Å². The van der Waals surface area contributed by atoms with E-state index in [0.29, 0.717) is 0 Å². The van der Waals surface area contributed by atoms with Gasteiger partial charge in [-0.2, -0.15) is 0 Å². The Morgan fingerprint density at radius 2 is 2.00 bits per heavy atom. The number of methoxy groups -OCH3 is 1. The molecule has 0 bridgehead atoms. The van der Waals surface area contributed by atoms with E-state index in [4.69, 9.17) is 0 Å². The molecule has 0 amide bonds. The number of hydrogen-bond donors (Lipinski definition) is 1. The summed E-state index contributed by atoms with van der Waals surface area (Å²) in [6.07, 6.45) is 0. The zero-order chi connectivity index (χ0) is 8.97. The predicted octanol–water partition coefficient (Wildman–Crippen LogP) is -0.125. The van der Waals surface area contributed by atoms with Crippen molar-refractivity contribution in [3.8, 4) is 0 Å². The van der Waals surface area contributed by atoms with Crippen molar-refractivity contribution in [2.45, 2.75) is 13.0 Å². The van der Waals surface area contributed by atoms with E-state index in [0.717, 1.165) is 26.2 Å². The molecule has 1 saturated heterocycles. The van der Waals surface area contributed by atoms with Gasteiger partial charge in [-0.15, -0.1) is 12.4 Å². The Morgan fingerprint density at radius 3 is 2.46 bits per heavy atom. The van der Waals surface area contributed by atoms with Crippen LogP contribution >= 0.6 is 12.4 Å². The van der Waals surface area contributed by atoms with Crippen LogP contribution in [-0.2, 0) is 9.53 Å². The van der Waals surface area contributed by atoms with Crippen molar-refractivity contribution >= 4 is 18.4 Å². The van der Waals surface area contributed by atoms with Crippen LogP contribution < -0.4 is 5.32 Å². The summed E-state index contributed by atoms with van der Waals surface area (Å²) >= 11 is 0. The van der Waals surface area contributed by atoms with Crippen LogP contribution in [0.3, 0.4) is 0 Å². The molecule has 1 unspecified atom stereocenters. The summed E-state index contributed by atoms with van der Waals surface area (Å²) in [5.41, 5.74) is 0. The fourth-order valence-electron chi connectivity index (χ4n) is 1.39. The largest absolute Gasteiger partial charge is 0.468 e. The van der Waals surface area contributed by atoms with E-state index in [9.17, 15) is 4.79 Å². The average molecular weight is 209 g/mol. The molecule has 1 N–H and O–H groups in total. The van der Waals surface area contributed by atoms with Crippen molar-refractivity contribution in [3.05, 3.63) is 0 Å². The van der Waals surface area contributed by atoms with Crippen LogP contribution in [0.5, 0.6) is 0 Å². The molecule has 1 aliphatic rings. The van der Waals surface area contributed by atoms with Crippen molar-refractivity contribution in [3.63, 3.8) is 0 Å². The van der Waals surface area contributed by atoms with Crippen LogP contribution in [0.15, 0.2) is 0 Å². The minimum atomic E-state index is -0.142. The van der Waals surface area contributed by atoms with Gasteiger partial charge in [0.2, 0.25) is 0 Å². The van der Waals surface area contributed by atoms with Crippen molar-refractivity contribution in [2.24, 2.45) is 0 Å². The number of nitrogens with one attached hydrogen (secondary N) is 1. The fraction of sp³-hybridized carbons (Fsp3) is 0.875. The summed E-state index contributed by atoms with van der Waals surface area (Å²) in [5, 5.41) is 3.23. The maximum atomic E-state index is 11.1. The lowest BCUT2D eigenvalue weighted by molar-refractivity contribution is -0.146. The van der Waals surface area contributed by atoms with Crippen LogP contribution in [0.25, 0.3) is 0 Å². The van der Waals surface area contributed by atoms with Gasteiger partial charge in [0.25, 0.3) is 0 Å². The molecule has 1 aliphatic heterocycles. The molecule has 78 valence electrons. The Labute approximate surface area is 85.0 Å². The Hall–Kier alpha value is -0.320. The van der Waals surface area contributed by atoms with E-state index in [1.54, 1.807) is 0 Å². The third kappa shape index (κ3) is 3.50. The molecule has 0 aromatic carbocycles. The molecule has 0 spiro atoms. The molecule has 1 atom stereocenters. The normalized spacial score (nSPS) is 20.2. The zero-order valence-corrected chi connectivity index (χ0v) is 8.89. The number of carbonyl (C=O) groups excluding carboxylic acids is 1. The van der Waals surface area contributed by atoms with Gasteiger partial charge >= 0.3 is 5.97 Å². The lowest BCUT2D eigenvalue weighted by Gasteiger charge is -2.30. The lowest BCUT2D eigenvalue weighted by atomic mass is 10.2. The molecule has 0 aromatic rings. The van der Waals surface area contributed by atoms with E-state index in [2.05, 4.69) is 15.0 Å². The number of rotatable bonds is 2. The summed E-state index contributed by atoms with van der Waals surface area (Å²) in [5.74, 6) is -0.142. The number of esters is 1. The number of nitrogens with zero attached hydrogens (tertiary/aromatic N) is 1. The number of piperazine rings is 1. The van der Waals surface area contributed by atoms with E-state index in [1.165, 1.54) is 7.11 Å². The smallest absolute Gasteiger partial charge is 0.322 e. The molecular weight excluding hydrogens is 192 g/mol. The SMILES string of the molecule is COC(=O)C(C)N1CCNCC1.Cl.